The van der Waals surface area contributed by atoms with Gasteiger partial charge in [0.25, 0.3) is 0 Å². The highest BCUT2D eigenvalue weighted by atomic mass is 35.5. The van der Waals surface area contributed by atoms with E-state index in [0.29, 0.717) is 24.5 Å². The fourth-order valence-electron chi connectivity index (χ4n) is 2.38. The number of carbonyl (C=O) groups excluding carboxylic acids is 2. The van der Waals surface area contributed by atoms with E-state index in [-0.39, 0.29) is 18.4 Å². The van der Waals surface area contributed by atoms with Gasteiger partial charge in [-0.15, -0.1) is 0 Å². The largest absolute Gasteiger partial charge is 0.352 e. The third kappa shape index (κ3) is 6.86. The van der Waals surface area contributed by atoms with Gasteiger partial charge in [-0.25, -0.2) is 0 Å². The number of rotatable bonds is 8. The predicted octanol–water partition coefficient (Wildman–Crippen LogP) is 3.23. The van der Waals surface area contributed by atoms with Crippen LogP contribution in [0.15, 0.2) is 48.5 Å². The summed E-state index contributed by atoms with van der Waals surface area (Å²) in [4.78, 5) is 25.8. The minimum Gasteiger partial charge on any atom is -0.352 e. The zero-order valence-electron chi connectivity index (χ0n) is 15.1. The van der Waals surface area contributed by atoms with E-state index in [0.717, 1.165) is 16.8 Å². The van der Waals surface area contributed by atoms with E-state index >= 15 is 0 Å². The van der Waals surface area contributed by atoms with Gasteiger partial charge >= 0.3 is 0 Å². The van der Waals surface area contributed by atoms with E-state index in [4.69, 9.17) is 11.6 Å². The van der Waals surface area contributed by atoms with Crippen molar-refractivity contribution >= 4 is 29.1 Å². The maximum Gasteiger partial charge on any atom is 0.238 e. The van der Waals surface area contributed by atoms with Crippen molar-refractivity contribution < 1.29 is 9.59 Å². The van der Waals surface area contributed by atoms with Crippen LogP contribution in [0.5, 0.6) is 0 Å². The Morgan fingerprint density at radius 3 is 2.42 bits per heavy atom. The molecule has 0 aliphatic heterocycles. The van der Waals surface area contributed by atoms with Crippen LogP contribution in [0.2, 0.25) is 5.02 Å². The number of benzene rings is 2. The molecule has 6 heteroatoms. The van der Waals surface area contributed by atoms with Crippen LogP contribution in [-0.4, -0.2) is 36.9 Å². The highest BCUT2D eigenvalue weighted by molar-refractivity contribution is 6.31. The van der Waals surface area contributed by atoms with Crippen LogP contribution in [0.4, 0.5) is 5.69 Å². The Morgan fingerprint density at radius 1 is 1.04 bits per heavy atom. The molecule has 0 saturated carbocycles. The molecule has 5 nitrogen and oxygen atoms in total. The number of hydrogen-bond acceptors (Lipinski definition) is 3. The van der Waals surface area contributed by atoms with Gasteiger partial charge in [0.15, 0.2) is 0 Å². The van der Waals surface area contributed by atoms with Crippen LogP contribution in [0.25, 0.3) is 0 Å². The summed E-state index contributed by atoms with van der Waals surface area (Å²) in [5, 5.41) is 6.32. The molecule has 0 radical (unpaired) electrons. The van der Waals surface area contributed by atoms with E-state index in [1.165, 1.54) is 0 Å². The van der Waals surface area contributed by atoms with Gasteiger partial charge in [0.2, 0.25) is 11.8 Å². The van der Waals surface area contributed by atoms with Gasteiger partial charge in [-0.2, -0.15) is 0 Å². The Bertz CT molecular complexity index is 747. The normalized spacial score (nSPS) is 10.6. The second kappa shape index (κ2) is 9.94. The fourth-order valence-corrected chi connectivity index (χ4v) is 2.58. The molecule has 0 atom stereocenters. The zero-order valence-corrected chi connectivity index (χ0v) is 15.8. The number of amides is 2. The van der Waals surface area contributed by atoms with Crippen molar-refractivity contribution in [1.29, 1.82) is 0 Å². The standard InChI is InChI=1S/C20H24ClN3O2/c1-15-7-9-17(10-8-15)23-20(26)14-24(2)12-11-19(25)22-13-16-5-3-4-6-18(16)21/h3-10H,11-14H2,1-2H3,(H,22,25)(H,23,26). The summed E-state index contributed by atoms with van der Waals surface area (Å²) >= 11 is 6.06. The van der Waals surface area contributed by atoms with Crippen molar-refractivity contribution in [2.24, 2.45) is 0 Å². The molecule has 2 aromatic carbocycles. The Balaban J connectivity index is 1.68. The lowest BCUT2D eigenvalue weighted by atomic mass is 10.2. The first-order chi connectivity index (χ1) is 12.4. The van der Waals surface area contributed by atoms with Crippen molar-refractivity contribution in [3.63, 3.8) is 0 Å². The number of nitrogens with zero attached hydrogens (tertiary/aromatic N) is 1. The minimum atomic E-state index is -0.104. The maximum absolute atomic E-state index is 12.0. The highest BCUT2D eigenvalue weighted by Gasteiger charge is 2.09. The molecule has 2 amide bonds. The maximum atomic E-state index is 12.0. The van der Waals surface area contributed by atoms with E-state index in [1.54, 1.807) is 6.07 Å². The van der Waals surface area contributed by atoms with Gasteiger partial charge in [0.1, 0.15) is 0 Å². The summed E-state index contributed by atoms with van der Waals surface area (Å²) < 4.78 is 0. The summed E-state index contributed by atoms with van der Waals surface area (Å²) in [7, 11) is 1.82. The number of anilines is 1. The first-order valence-corrected chi connectivity index (χ1v) is 8.87. The molecule has 138 valence electrons. The third-order valence-corrected chi connectivity index (χ3v) is 4.27. The molecule has 0 fully saturated rings. The molecule has 2 rings (SSSR count). The first kappa shape index (κ1) is 19.9. The van der Waals surface area contributed by atoms with Gasteiger partial charge in [0.05, 0.1) is 6.54 Å². The molecule has 2 aromatic rings. The Morgan fingerprint density at radius 2 is 1.73 bits per heavy atom. The molecular formula is C20H24ClN3O2. The van der Waals surface area contributed by atoms with E-state index in [9.17, 15) is 9.59 Å². The average Bonchev–Trinajstić information content (AvgIpc) is 2.61. The van der Waals surface area contributed by atoms with Gasteiger partial charge in [-0.05, 0) is 37.7 Å². The molecular weight excluding hydrogens is 350 g/mol. The number of likely N-dealkylation sites (N-methyl/N-ethyl adjacent to an activating group) is 1. The van der Waals surface area contributed by atoms with Crippen LogP contribution < -0.4 is 10.6 Å². The quantitative estimate of drug-likeness (QED) is 0.746. The molecule has 0 heterocycles. The number of halogens is 1. The fraction of sp³-hybridized carbons (Fsp3) is 0.300. The SMILES string of the molecule is Cc1ccc(NC(=O)CN(C)CCC(=O)NCc2ccccc2Cl)cc1. The van der Waals surface area contributed by atoms with Crippen molar-refractivity contribution in [2.45, 2.75) is 19.9 Å². The summed E-state index contributed by atoms with van der Waals surface area (Å²) in [5.41, 5.74) is 2.79. The number of hydrogen-bond donors (Lipinski definition) is 2. The molecule has 0 bridgehead atoms. The second-order valence-electron chi connectivity index (χ2n) is 6.27. The topological polar surface area (TPSA) is 61.4 Å². The molecule has 0 spiro atoms. The lowest BCUT2D eigenvalue weighted by Crippen LogP contribution is -2.33. The third-order valence-electron chi connectivity index (χ3n) is 3.90. The second-order valence-corrected chi connectivity index (χ2v) is 6.68. The van der Waals surface area contributed by atoms with E-state index in [1.807, 2.05) is 61.3 Å². The monoisotopic (exact) mass is 373 g/mol. The van der Waals surface area contributed by atoms with Gasteiger partial charge in [-0.3, -0.25) is 14.5 Å². The summed E-state index contributed by atoms with van der Waals surface area (Å²) in [6.07, 6.45) is 0.318. The van der Waals surface area contributed by atoms with Crippen LogP contribution in [0.1, 0.15) is 17.5 Å². The number of nitrogens with one attached hydrogen (secondary N) is 2. The zero-order chi connectivity index (χ0) is 18.9. The summed E-state index contributed by atoms with van der Waals surface area (Å²) in [6, 6.07) is 15.0. The lowest BCUT2D eigenvalue weighted by molar-refractivity contribution is -0.122. The first-order valence-electron chi connectivity index (χ1n) is 8.49. The van der Waals surface area contributed by atoms with Crippen LogP contribution in [0.3, 0.4) is 0 Å². The van der Waals surface area contributed by atoms with Gasteiger partial charge < -0.3 is 10.6 Å². The Labute approximate surface area is 159 Å². The smallest absolute Gasteiger partial charge is 0.238 e. The lowest BCUT2D eigenvalue weighted by Gasteiger charge is -2.16. The molecule has 2 N–H and O–H groups in total. The van der Waals surface area contributed by atoms with Crippen LogP contribution >= 0.6 is 11.6 Å². The summed E-state index contributed by atoms with van der Waals surface area (Å²) in [6.45, 7) is 3.12. The predicted molar refractivity (Wildman–Crippen MR) is 105 cm³/mol. The molecule has 0 unspecified atom stereocenters. The van der Waals surface area contributed by atoms with Crippen molar-refractivity contribution in [1.82, 2.24) is 10.2 Å². The minimum absolute atomic E-state index is 0.0734. The van der Waals surface area contributed by atoms with Crippen molar-refractivity contribution in [2.75, 3.05) is 25.5 Å². The summed E-state index contributed by atoms with van der Waals surface area (Å²) in [5.74, 6) is -0.177. The Hall–Kier alpha value is -2.37. The van der Waals surface area contributed by atoms with Crippen LogP contribution in [0, 0.1) is 6.92 Å². The van der Waals surface area contributed by atoms with Crippen LogP contribution in [-0.2, 0) is 16.1 Å². The number of aryl methyl sites for hydroxylation is 1. The molecule has 26 heavy (non-hydrogen) atoms. The molecule has 0 saturated heterocycles. The molecule has 0 aliphatic rings. The van der Waals surface area contributed by atoms with Crippen molar-refractivity contribution in [3.8, 4) is 0 Å². The molecule has 0 aliphatic carbocycles. The van der Waals surface area contributed by atoms with E-state index in [2.05, 4.69) is 10.6 Å². The molecule has 0 aromatic heterocycles. The highest BCUT2D eigenvalue weighted by Crippen LogP contribution is 2.14. The van der Waals surface area contributed by atoms with Gasteiger partial charge in [0, 0.05) is 30.2 Å². The van der Waals surface area contributed by atoms with Gasteiger partial charge in [-0.1, -0.05) is 47.5 Å². The Kier molecular flexibility index (Phi) is 7.63. The van der Waals surface area contributed by atoms with E-state index < -0.39 is 0 Å². The average molecular weight is 374 g/mol. The van der Waals surface area contributed by atoms with Crippen molar-refractivity contribution in [3.05, 3.63) is 64.7 Å². The number of carbonyl (C=O) groups is 2.